The molecule has 1 saturated heterocycles. The number of hydrogen-bond acceptors (Lipinski definition) is 10. The van der Waals surface area contributed by atoms with Crippen molar-refractivity contribution < 1.29 is 48.3 Å². The monoisotopic (exact) mass is 570 g/mol. The second-order valence-electron chi connectivity index (χ2n) is 12.7. The highest BCUT2D eigenvalue weighted by Gasteiger charge is 2.75. The average molecular weight is 571 g/mol. The summed E-state index contributed by atoms with van der Waals surface area (Å²) in [7, 11) is 0. The maximum atomic E-state index is 14.7. The molecule has 0 aromatic heterocycles. The first-order chi connectivity index (χ1) is 19.1. The molecule has 41 heavy (non-hydrogen) atoms. The van der Waals surface area contributed by atoms with Crippen molar-refractivity contribution in [2.24, 2.45) is 22.7 Å². The van der Waals surface area contributed by atoms with Gasteiger partial charge in [0.2, 0.25) is 5.78 Å². The second kappa shape index (κ2) is 9.74. The quantitative estimate of drug-likeness (QED) is 0.409. The van der Waals surface area contributed by atoms with Crippen LogP contribution in [0.3, 0.4) is 0 Å². The van der Waals surface area contributed by atoms with Crippen LogP contribution in [0.1, 0.15) is 71.2 Å². The minimum Gasteiger partial charge on any atom is -0.455 e. The van der Waals surface area contributed by atoms with E-state index in [0.29, 0.717) is 6.42 Å². The summed E-state index contributed by atoms with van der Waals surface area (Å²) in [6.07, 6.45) is -2.88. The number of fused-ring (bicyclic) bond motifs is 5. The molecule has 3 fully saturated rings. The topological polar surface area (TPSA) is 146 Å². The van der Waals surface area contributed by atoms with E-state index >= 15 is 0 Å². The first-order valence-corrected chi connectivity index (χ1v) is 14.1. The van der Waals surface area contributed by atoms with Crippen LogP contribution >= 0.6 is 0 Å². The molecule has 3 aliphatic carbocycles. The number of aliphatic hydroxyl groups is 2. The van der Waals surface area contributed by atoms with Gasteiger partial charge in [0.25, 0.3) is 0 Å². The minimum atomic E-state index is -1.98. The summed E-state index contributed by atoms with van der Waals surface area (Å²) in [5.41, 5.74) is -5.67. The number of aliphatic hydroxyl groups excluding tert-OH is 1. The first kappa shape index (κ1) is 29.4. The molecule has 10 heteroatoms. The normalized spacial score (nSPS) is 39.2. The van der Waals surface area contributed by atoms with E-state index in [-0.39, 0.29) is 36.3 Å². The van der Waals surface area contributed by atoms with Crippen LogP contribution in [-0.4, -0.2) is 70.0 Å². The van der Waals surface area contributed by atoms with Crippen molar-refractivity contribution in [2.75, 3.05) is 6.61 Å². The molecular weight excluding hydrogens is 532 g/mol. The molecule has 0 spiro atoms. The summed E-state index contributed by atoms with van der Waals surface area (Å²) in [6.45, 7) is 9.10. The van der Waals surface area contributed by atoms with Gasteiger partial charge in [-0.15, -0.1) is 0 Å². The molecule has 1 aromatic carbocycles. The summed E-state index contributed by atoms with van der Waals surface area (Å²) in [5, 5.41) is 24.2. The zero-order chi connectivity index (χ0) is 30.1. The minimum absolute atomic E-state index is 0.0842. The lowest BCUT2D eigenvalue weighted by atomic mass is 9.45. The van der Waals surface area contributed by atoms with E-state index in [9.17, 15) is 29.4 Å². The van der Waals surface area contributed by atoms with Gasteiger partial charge in [0.15, 0.2) is 11.4 Å². The number of allylic oxidation sites excluding steroid dienone is 1. The van der Waals surface area contributed by atoms with E-state index in [4.69, 9.17) is 18.9 Å². The van der Waals surface area contributed by atoms with Gasteiger partial charge in [0.05, 0.1) is 24.2 Å². The zero-order valence-corrected chi connectivity index (χ0v) is 24.3. The predicted molar refractivity (Wildman–Crippen MR) is 143 cm³/mol. The van der Waals surface area contributed by atoms with Crippen LogP contribution in [0.15, 0.2) is 41.7 Å². The smallest absolute Gasteiger partial charge is 0.338 e. The molecule has 4 aliphatic rings. The lowest BCUT2D eigenvalue weighted by Gasteiger charge is -2.66. The van der Waals surface area contributed by atoms with Gasteiger partial charge in [0.1, 0.15) is 17.8 Å². The van der Waals surface area contributed by atoms with Gasteiger partial charge in [-0.05, 0) is 30.5 Å². The van der Waals surface area contributed by atoms with Crippen molar-refractivity contribution in [1.82, 2.24) is 0 Å². The van der Waals surface area contributed by atoms with Crippen LogP contribution < -0.4 is 0 Å². The first-order valence-electron chi connectivity index (χ1n) is 14.1. The average Bonchev–Trinajstić information content (AvgIpc) is 2.88. The Bertz CT molecular complexity index is 1320. The van der Waals surface area contributed by atoms with Crippen molar-refractivity contribution in [1.29, 1.82) is 0 Å². The van der Waals surface area contributed by atoms with Gasteiger partial charge in [-0.2, -0.15) is 0 Å². The number of esters is 3. The van der Waals surface area contributed by atoms with E-state index in [1.54, 1.807) is 58.0 Å². The number of carbonyl (C=O) groups is 4. The Labute approximate surface area is 239 Å². The molecule has 10 nitrogen and oxygen atoms in total. The van der Waals surface area contributed by atoms with Gasteiger partial charge in [-0.1, -0.05) is 45.9 Å². The maximum absolute atomic E-state index is 14.7. The van der Waals surface area contributed by atoms with Crippen molar-refractivity contribution in [2.45, 2.75) is 90.3 Å². The van der Waals surface area contributed by atoms with Crippen LogP contribution in [0.5, 0.6) is 0 Å². The van der Waals surface area contributed by atoms with Crippen molar-refractivity contribution in [3.63, 3.8) is 0 Å². The lowest BCUT2D eigenvalue weighted by Crippen LogP contribution is -2.78. The molecule has 2 bridgehead atoms. The molecule has 1 unspecified atom stereocenters. The molecule has 1 heterocycles. The van der Waals surface area contributed by atoms with Crippen LogP contribution in [-0.2, 0) is 33.3 Å². The largest absolute Gasteiger partial charge is 0.455 e. The van der Waals surface area contributed by atoms with E-state index in [0.717, 1.165) is 0 Å². The van der Waals surface area contributed by atoms with Crippen LogP contribution in [0.4, 0.5) is 0 Å². The Hall–Kier alpha value is -3.08. The van der Waals surface area contributed by atoms with E-state index in [2.05, 4.69) is 0 Å². The highest BCUT2D eigenvalue weighted by atomic mass is 16.6. The van der Waals surface area contributed by atoms with Crippen LogP contribution in [0.2, 0.25) is 0 Å². The summed E-state index contributed by atoms with van der Waals surface area (Å²) >= 11 is 0. The molecule has 5 rings (SSSR count). The van der Waals surface area contributed by atoms with E-state index in [1.807, 2.05) is 0 Å². The third-order valence-electron chi connectivity index (χ3n) is 10.1. The fourth-order valence-corrected chi connectivity index (χ4v) is 7.91. The molecule has 0 amide bonds. The van der Waals surface area contributed by atoms with Crippen molar-refractivity contribution in [3.05, 3.63) is 47.2 Å². The van der Waals surface area contributed by atoms with Gasteiger partial charge >= 0.3 is 17.9 Å². The van der Waals surface area contributed by atoms with Crippen LogP contribution in [0.25, 0.3) is 0 Å². The highest BCUT2D eigenvalue weighted by Crippen LogP contribution is 2.64. The van der Waals surface area contributed by atoms with Crippen molar-refractivity contribution in [3.8, 4) is 0 Å². The fourth-order valence-electron chi connectivity index (χ4n) is 7.91. The molecule has 2 saturated carbocycles. The number of ether oxygens (including phenoxy) is 4. The highest BCUT2D eigenvalue weighted by molar-refractivity contribution is 6.01. The number of rotatable bonds is 4. The zero-order valence-electron chi connectivity index (χ0n) is 24.3. The van der Waals surface area contributed by atoms with Gasteiger partial charge in [-0.25, -0.2) is 4.79 Å². The molecule has 1 aromatic rings. The molecule has 8 atom stereocenters. The Morgan fingerprint density at radius 1 is 1.05 bits per heavy atom. The predicted octanol–water partition coefficient (Wildman–Crippen LogP) is 2.89. The van der Waals surface area contributed by atoms with E-state index in [1.165, 1.54) is 13.8 Å². The Morgan fingerprint density at radius 3 is 2.27 bits per heavy atom. The summed E-state index contributed by atoms with van der Waals surface area (Å²) in [6, 6.07) is 8.25. The van der Waals surface area contributed by atoms with Gasteiger partial charge in [-0.3, -0.25) is 14.4 Å². The standard InChI is InChI=1S/C31H38O10/c1-16-20(34)14-31(37)26(40-27(36)19-10-8-7-9-11-19)24-29(6,13-12-21-30(24,15-38-21)41-18(3)33)25(35)23(39-17(2)32)22(16)28(31,4)5/h7-11,16,20-21,24,26,34,37H,12-15H2,1-6H3/t16?,20-,21+,24-,26-,29+,30-,31+/m0/s1. The number of benzene rings is 1. The summed E-state index contributed by atoms with van der Waals surface area (Å²) in [4.78, 5) is 53.3. The Kier molecular flexibility index (Phi) is 6.99. The van der Waals surface area contributed by atoms with E-state index < -0.39 is 75.9 Å². The lowest BCUT2D eigenvalue weighted by molar-refractivity contribution is -0.332. The van der Waals surface area contributed by atoms with Crippen LogP contribution in [0, 0.1) is 22.7 Å². The number of ketones is 1. The number of hydrogen-bond donors (Lipinski definition) is 2. The van der Waals surface area contributed by atoms with Gasteiger partial charge in [0, 0.05) is 37.0 Å². The Morgan fingerprint density at radius 2 is 1.71 bits per heavy atom. The van der Waals surface area contributed by atoms with Crippen molar-refractivity contribution >= 4 is 23.7 Å². The SMILES string of the molecule is CC(=O)OC1=C2C(C)[C@@H](O)C[C@@](O)([C@@H](OC(=O)c3ccccc3)[C@@H]3[C@]4(OC(C)=O)CO[C@@H]4CC[C@@]3(C)C1=O)C2(C)C. The molecule has 222 valence electrons. The third kappa shape index (κ3) is 4.17. The molecule has 0 radical (unpaired) electrons. The number of carbonyl (C=O) groups excluding carboxylic acids is 4. The Balaban J connectivity index is 1.83. The fraction of sp³-hybridized carbons (Fsp3) is 0.613. The third-order valence-corrected chi connectivity index (χ3v) is 10.1. The molecule has 1 aliphatic heterocycles. The maximum Gasteiger partial charge on any atom is 0.338 e. The number of Topliss-reactive ketones (excluding diaryl/α,β-unsaturated/α-hetero) is 1. The molecule has 2 N–H and O–H groups in total. The second-order valence-corrected chi connectivity index (χ2v) is 12.7. The van der Waals surface area contributed by atoms with Gasteiger partial charge < -0.3 is 29.2 Å². The summed E-state index contributed by atoms with van der Waals surface area (Å²) < 4.78 is 23.7. The molecular formula is C31H38O10. The summed E-state index contributed by atoms with van der Waals surface area (Å²) in [5.74, 6) is -4.63.